The van der Waals surface area contributed by atoms with E-state index in [1.54, 1.807) is 0 Å². The summed E-state index contributed by atoms with van der Waals surface area (Å²) in [6, 6.07) is 11.8. The van der Waals surface area contributed by atoms with E-state index in [1.807, 2.05) is 0 Å². The molecule has 2 aliphatic rings. The van der Waals surface area contributed by atoms with Crippen LogP contribution in [0.1, 0.15) is 63.4 Å². The molecule has 0 aliphatic carbocycles. The van der Waals surface area contributed by atoms with E-state index in [1.165, 1.54) is 24.8 Å². The fourth-order valence-electron chi connectivity index (χ4n) is 4.57. The van der Waals surface area contributed by atoms with Gasteiger partial charge < -0.3 is 0 Å². The molecular formula is C21H30FNO. The van der Waals surface area contributed by atoms with Gasteiger partial charge in [0, 0.05) is 31.0 Å². The van der Waals surface area contributed by atoms with Crippen molar-refractivity contribution in [2.45, 2.75) is 76.4 Å². The van der Waals surface area contributed by atoms with E-state index in [0.29, 0.717) is 30.7 Å². The largest absolute Gasteiger partial charge is 0.299 e. The zero-order valence-corrected chi connectivity index (χ0v) is 14.6. The molecule has 2 atom stereocenters. The maximum atomic E-state index is 12.5. The van der Waals surface area contributed by atoms with Crippen molar-refractivity contribution in [3.63, 3.8) is 0 Å². The minimum Gasteiger partial charge on any atom is -0.299 e. The average Bonchev–Trinajstić information content (AvgIpc) is 2.59. The van der Waals surface area contributed by atoms with Crippen molar-refractivity contribution >= 4 is 5.78 Å². The molecule has 1 aromatic rings. The molecule has 2 saturated heterocycles. The lowest BCUT2D eigenvalue weighted by molar-refractivity contribution is -0.127. The second-order valence-corrected chi connectivity index (χ2v) is 7.53. The minimum absolute atomic E-state index is 0.248. The first-order valence-corrected chi connectivity index (χ1v) is 9.66. The molecule has 1 aromatic carbocycles. The summed E-state index contributed by atoms with van der Waals surface area (Å²) in [6.45, 7) is 0.768. The second kappa shape index (κ2) is 8.75. The number of fused-ring (bicyclic) bond motifs is 2. The topological polar surface area (TPSA) is 20.3 Å². The van der Waals surface area contributed by atoms with Crippen molar-refractivity contribution in [1.82, 2.24) is 4.90 Å². The zero-order chi connectivity index (χ0) is 16.8. The molecule has 132 valence electrons. The Balaban J connectivity index is 1.56. The fourth-order valence-corrected chi connectivity index (χ4v) is 4.57. The first-order valence-electron chi connectivity index (χ1n) is 9.66. The summed E-state index contributed by atoms with van der Waals surface area (Å²) in [7, 11) is 0. The van der Waals surface area contributed by atoms with Crippen molar-refractivity contribution in [3.8, 4) is 0 Å². The monoisotopic (exact) mass is 331 g/mol. The predicted octanol–water partition coefficient (Wildman–Crippen LogP) is 4.92. The van der Waals surface area contributed by atoms with Crippen molar-refractivity contribution in [2.75, 3.05) is 6.67 Å². The minimum atomic E-state index is -0.254. The van der Waals surface area contributed by atoms with Crippen molar-refractivity contribution < 1.29 is 9.18 Å². The molecule has 24 heavy (non-hydrogen) atoms. The van der Waals surface area contributed by atoms with Crippen LogP contribution in [-0.2, 0) is 11.3 Å². The highest BCUT2D eigenvalue weighted by atomic mass is 19.1. The highest BCUT2D eigenvalue weighted by molar-refractivity contribution is 5.81. The van der Waals surface area contributed by atoms with Gasteiger partial charge >= 0.3 is 0 Å². The van der Waals surface area contributed by atoms with Gasteiger partial charge in [-0.15, -0.1) is 0 Å². The number of rotatable bonds is 8. The number of carbonyl (C=O) groups excluding carboxylic acids is 1. The molecule has 0 aromatic heterocycles. The van der Waals surface area contributed by atoms with Crippen LogP contribution in [-0.4, -0.2) is 29.4 Å². The second-order valence-electron chi connectivity index (χ2n) is 7.53. The molecule has 2 aliphatic heterocycles. The van der Waals surface area contributed by atoms with E-state index >= 15 is 0 Å². The molecule has 3 heteroatoms. The van der Waals surface area contributed by atoms with E-state index in [9.17, 15) is 9.18 Å². The average molecular weight is 331 g/mol. The number of halogens is 1. The third kappa shape index (κ3) is 4.44. The summed E-state index contributed by atoms with van der Waals surface area (Å²) in [4.78, 5) is 15.2. The van der Waals surface area contributed by atoms with Gasteiger partial charge in [0.1, 0.15) is 5.78 Å². The Morgan fingerprint density at radius 1 is 1.04 bits per heavy atom. The van der Waals surface area contributed by atoms with Crippen LogP contribution in [0.3, 0.4) is 0 Å². The van der Waals surface area contributed by atoms with Crippen molar-refractivity contribution in [2.24, 2.45) is 5.92 Å². The number of hydrogen-bond donors (Lipinski definition) is 0. The summed E-state index contributed by atoms with van der Waals surface area (Å²) in [5, 5.41) is 0. The molecule has 2 fully saturated rings. The summed E-state index contributed by atoms with van der Waals surface area (Å²) >= 11 is 0. The molecule has 0 amide bonds. The van der Waals surface area contributed by atoms with Crippen molar-refractivity contribution in [3.05, 3.63) is 35.9 Å². The van der Waals surface area contributed by atoms with Crippen LogP contribution >= 0.6 is 0 Å². The quantitative estimate of drug-likeness (QED) is 0.630. The van der Waals surface area contributed by atoms with Gasteiger partial charge in [-0.25, -0.2) is 0 Å². The van der Waals surface area contributed by atoms with E-state index in [-0.39, 0.29) is 12.6 Å². The fraction of sp³-hybridized carbons (Fsp3) is 0.667. The van der Waals surface area contributed by atoms with E-state index in [2.05, 4.69) is 35.2 Å². The van der Waals surface area contributed by atoms with Crippen LogP contribution in [0.4, 0.5) is 4.39 Å². The number of nitrogens with zero attached hydrogens (tertiary/aromatic N) is 1. The van der Waals surface area contributed by atoms with Gasteiger partial charge in [-0.05, 0) is 44.1 Å². The number of benzene rings is 1. The maximum absolute atomic E-state index is 12.5. The molecular weight excluding hydrogens is 301 g/mol. The van der Waals surface area contributed by atoms with Crippen LogP contribution in [0.2, 0.25) is 0 Å². The molecule has 0 radical (unpaired) electrons. The van der Waals surface area contributed by atoms with Crippen LogP contribution in [0.25, 0.3) is 0 Å². The highest BCUT2D eigenvalue weighted by Crippen LogP contribution is 2.38. The number of ketones is 1. The lowest BCUT2D eigenvalue weighted by Crippen LogP contribution is -2.52. The summed E-state index contributed by atoms with van der Waals surface area (Å²) in [6.07, 6.45) is 8.81. The van der Waals surface area contributed by atoms with Gasteiger partial charge in [0.15, 0.2) is 0 Å². The number of unbranched alkanes of at least 4 members (excludes halogenated alkanes) is 2. The lowest BCUT2D eigenvalue weighted by atomic mass is 9.76. The molecule has 2 heterocycles. The third-order valence-electron chi connectivity index (χ3n) is 5.85. The lowest BCUT2D eigenvalue weighted by Gasteiger charge is -2.48. The maximum Gasteiger partial charge on any atom is 0.136 e. The number of hydrogen-bond acceptors (Lipinski definition) is 2. The van der Waals surface area contributed by atoms with Gasteiger partial charge in [0.25, 0.3) is 0 Å². The van der Waals surface area contributed by atoms with Gasteiger partial charge in [0.2, 0.25) is 0 Å². The van der Waals surface area contributed by atoms with E-state index in [4.69, 9.17) is 0 Å². The molecule has 0 N–H and O–H groups in total. The first-order chi connectivity index (χ1) is 11.8. The number of Topliss-reactive ketones (excluding diaryl/α,β-unsaturated/α-hetero) is 1. The molecule has 0 saturated carbocycles. The molecule has 0 spiro atoms. The number of piperidine rings is 2. The Morgan fingerprint density at radius 2 is 1.75 bits per heavy atom. The normalized spacial score (nSPS) is 27.1. The van der Waals surface area contributed by atoms with Crippen LogP contribution < -0.4 is 0 Å². The number of alkyl halides is 1. The van der Waals surface area contributed by atoms with Gasteiger partial charge in [-0.2, -0.15) is 0 Å². The van der Waals surface area contributed by atoms with Crippen LogP contribution in [0.15, 0.2) is 30.3 Å². The standard InChI is InChI=1S/C21H30FNO/c22-13-6-2-5-12-21(24)18-14-19-10-7-11-20(15-18)23(19)16-17-8-3-1-4-9-17/h1,3-4,8-9,18-20H,2,5-7,10-16H2. The Bertz CT molecular complexity index is 504. The Hall–Kier alpha value is -1.22. The predicted molar refractivity (Wildman–Crippen MR) is 95.6 cm³/mol. The summed E-state index contributed by atoms with van der Waals surface area (Å²) in [5.74, 6) is 0.683. The Kier molecular flexibility index (Phi) is 6.42. The molecule has 2 nitrogen and oxygen atoms in total. The third-order valence-corrected chi connectivity index (χ3v) is 5.85. The van der Waals surface area contributed by atoms with Gasteiger partial charge in [-0.1, -0.05) is 43.2 Å². The molecule has 3 rings (SSSR count). The van der Waals surface area contributed by atoms with Crippen LogP contribution in [0.5, 0.6) is 0 Å². The highest BCUT2D eigenvalue weighted by Gasteiger charge is 2.40. The zero-order valence-electron chi connectivity index (χ0n) is 14.6. The molecule has 2 bridgehead atoms. The smallest absolute Gasteiger partial charge is 0.136 e. The van der Waals surface area contributed by atoms with Crippen LogP contribution in [0, 0.1) is 5.92 Å². The Morgan fingerprint density at radius 3 is 2.42 bits per heavy atom. The van der Waals surface area contributed by atoms with Crippen molar-refractivity contribution in [1.29, 1.82) is 0 Å². The summed E-state index contributed by atoms with van der Waals surface area (Å²) in [5.41, 5.74) is 1.38. The first kappa shape index (κ1) is 17.6. The van der Waals surface area contributed by atoms with Gasteiger partial charge in [0.05, 0.1) is 6.67 Å². The summed E-state index contributed by atoms with van der Waals surface area (Å²) < 4.78 is 12.2. The number of carbonyl (C=O) groups is 1. The van der Waals surface area contributed by atoms with E-state index in [0.717, 1.165) is 32.2 Å². The van der Waals surface area contributed by atoms with E-state index < -0.39 is 0 Å². The van der Waals surface area contributed by atoms with Gasteiger partial charge in [-0.3, -0.25) is 14.1 Å². The SMILES string of the molecule is O=C(CCCCCF)C1CC2CCCC(C1)N2Cc1ccccc1. The Labute approximate surface area is 145 Å². The molecule has 2 unspecified atom stereocenters.